The molecule has 2 aromatic heterocycles. The molecule has 9 heteroatoms. The van der Waals surface area contributed by atoms with E-state index in [-0.39, 0.29) is 6.61 Å². The lowest BCUT2D eigenvalue weighted by molar-refractivity contribution is 0.0303. The molecule has 2 atom stereocenters. The van der Waals surface area contributed by atoms with Gasteiger partial charge in [0.2, 0.25) is 0 Å². The van der Waals surface area contributed by atoms with Crippen LogP contribution >= 0.6 is 12.2 Å². The first-order chi connectivity index (χ1) is 14.7. The molecule has 2 fully saturated rings. The summed E-state index contributed by atoms with van der Waals surface area (Å²) in [6.07, 6.45) is 4.80. The van der Waals surface area contributed by atoms with Gasteiger partial charge in [-0.15, -0.1) is 5.10 Å². The number of benzene rings is 1. The molecule has 0 spiro atoms. The van der Waals surface area contributed by atoms with Crippen LogP contribution in [0.4, 0.5) is 11.5 Å². The fraction of sp³-hybridized carbons (Fsp3) is 0.381. The zero-order valence-corrected chi connectivity index (χ0v) is 17.3. The van der Waals surface area contributed by atoms with Crippen molar-refractivity contribution < 1.29 is 9.84 Å². The van der Waals surface area contributed by atoms with E-state index in [9.17, 15) is 0 Å². The minimum Gasteiger partial charge on any atom is -0.395 e. The molecule has 156 valence electrons. The van der Waals surface area contributed by atoms with Crippen LogP contribution in [0.5, 0.6) is 0 Å². The van der Waals surface area contributed by atoms with Crippen LogP contribution in [0.15, 0.2) is 42.6 Å². The summed E-state index contributed by atoms with van der Waals surface area (Å²) in [6, 6.07) is 11.9. The molecule has 0 amide bonds. The number of ether oxygens (including phenoxy) is 1. The largest absolute Gasteiger partial charge is 0.395 e. The normalized spacial score (nSPS) is 20.5. The molecule has 1 aromatic carbocycles. The van der Waals surface area contributed by atoms with Crippen molar-refractivity contribution in [1.29, 1.82) is 0 Å². The Morgan fingerprint density at radius 2 is 1.93 bits per heavy atom. The van der Waals surface area contributed by atoms with E-state index in [1.807, 2.05) is 41.0 Å². The van der Waals surface area contributed by atoms with Crippen LogP contribution in [-0.4, -0.2) is 63.3 Å². The van der Waals surface area contributed by atoms with Gasteiger partial charge >= 0.3 is 0 Å². The molecule has 2 bridgehead atoms. The van der Waals surface area contributed by atoms with E-state index < -0.39 is 0 Å². The van der Waals surface area contributed by atoms with E-state index in [1.165, 1.54) is 0 Å². The Hall–Kier alpha value is -2.75. The predicted octanol–water partition coefficient (Wildman–Crippen LogP) is 2.04. The number of hydrogen-bond donors (Lipinski definition) is 3. The third kappa shape index (κ3) is 3.83. The van der Waals surface area contributed by atoms with Gasteiger partial charge in [-0.2, -0.15) is 0 Å². The van der Waals surface area contributed by atoms with E-state index in [1.54, 1.807) is 0 Å². The molecule has 2 aliphatic rings. The molecule has 2 aliphatic heterocycles. The fourth-order valence-corrected chi connectivity index (χ4v) is 4.33. The van der Waals surface area contributed by atoms with Crippen molar-refractivity contribution in [2.24, 2.45) is 0 Å². The molecule has 3 N–H and O–H groups in total. The molecule has 8 nitrogen and oxygen atoms in total. The van der Waals surface area contributed by atoms with Gasteiger partial charge in [-0.1, -0.05) is 0 Å². The van der Waals surface area contributed by atoms with Crippen molar-refractivity contribution in [3.05, 3.63) is 42.6 Å². The van der Waals surface area contributed by atoms with Gasteiger partial charge in [0, 0.05) is 37.1 Å². The summed E-state index contributed by atoms with van der Waals surface area (Å²) in [7, 11) is 0. The highest BCUT2D eigenvalue weighted by atomic mass is 32.1. The van der Waals surface area contributed by atoms with Gasteiger partial charge < -0.3 is 25.4 Å². The number of morpholine rings is 1. The molecule has 0 saturated carbocycles. The molecular weight excluding hydrogens is 400 g/mol. The summed E-state index contributed by atoms with van der Waals surface area (Å²) in [4.78, 5) is 7.29. The molecule has 0 aliphatic carbocycles. The minimum absolute atomic E-state index is 0.0347. The number of rotatable bonds is 5. The van der Waals surface area contributed by atoms with Crippen LogP contribution in [0.1, 0.15) is 12.8 Å². The lowest BCUT2D eigenvalue weighted by Crippen LogP contribution is -2.43. The smallest absolute Gasteiger partial charge is 0.182 e. The number of nitrogens with one attached hydrogen (secondary N) is 2. The Balaban J connectivity index is 1.41. The van der Waals surface area contributed by atoms with Crippen molar-refractivity contribution in [3.63, 3.8) is 0 Å². The van der Waals surface area contributed by atoms with Gasteiger partial charge in [0.05, 0.1) is 18.8 Å². The minimum atomic E-state index is 0.0347. The standard InChI is InChI=1S/C21H24N6O2S/c28-11-9-22-21(30)23-15-5-3-14(4-6-15)19-24-20(18-2-1-10-27(18)25-19)26-12-16-7-8-17(13-26)29-16/h1-6,10,16-17,28H,7-9,11-13H2,(H2,22,23,30)/t16-,17+. The summed E-state index contributed by atoms with van der Waals surface area (Å²) < 4.78 is 7.90. The Kier molecular flexibility index (Phi) is 5.24. The second kappa shape index (κ2) is 8.17. The maximum atomic E-state index is 8.88. The van der Waals surface area contributed by atoms with E-state index in [2.05, 4.69) is 21.6 Å². The zero-order valence-electron chi connectivity index (χ0n) is 16.5. The molecule has 5 rings (SSSR count). The van der Waals surface area contributed by atoms with Crippen molar-refractivity contribution in [3.8, 4) is 11.4 Å². The Bertz CT molecular complexity index is 1040. The van der Waals surface area contributed by atoms with Crippen LogP contribution < -0.4 is 15.5 Å². The van der Waals surface area contributed by atoms with Gasteiger partial charge in [-0.3, -0.25) is 0 Å². The van der Waals surface area contributed by atoms with E-state index in [0.29, 0.717) is 29.7 Å². The van der Waals surface area contributed by atoms with Crippen molar-refractivity contribution >= 4 is 34.4 Å². The number of aliphatic hydroxyl groups is 1. The van der Waals surface area contributed by atoms with Crippen LogP contribution in [0.25, 0.3) is 16.9 Å². The third-order valence-electron chi connectivity index (χ3n) is 5.51. The fourth-order valence-electron chi connectivity index (χ4n) is 4.11. The highest BCUT2D eigenvalue weighted by molar-refractivity contribution is 7.80. The number of aromatic nitrogens is 3. The molecule has 2 saturated heterocycles. The van der Waals surface area contributed by atoms with Crippen LogP contribution in [0.2, 0.25) is 0 Å². The van der Waals surface area contributed by atoms with E-state index >= 15 is 0 Å². The van der Waals surface area contributed by atoms with E-state index in [0.717, 1.165) is 48.5 Å². The first-order valence-corrected chi connectivity index (χ1v) is 10.6. The maximum absolute atomic E-state index is 8.88. The van der Waals surface area contributed by atoms with Crippen molar-refractivity contribution in [1.82, 2.24) is 19.9 Å². The summed E-state index contributed by atoms with van der Waals surface area (Å²) in [6.45, 7) is 2.19. The maximum Gasteiger partial charge on any atom is 0.182 e. The quantitative estimate of drug-likeness (QED) is 0.537. The SMILES string of the molecule is OCCNC(=S)Nc1ccc(-c2nc(N3C[C@H]4CC[C@@H](C3)O4)c3cccn3n2)cc1. The highest BCUT2D eigenvalue weighted by Gasteiger charge is 2.35. The summed E-state index contributed by atoms with van der Waals surface area (Å²) in [5.74, 6) is 1.64. The molecule has 4 heterocycles. The lowest BCUT2D eigenvalue weighted by atomic mass is 10.2. The number of anilines is 2. The number of hydrogen-bond acceptors (Lipinski definition) is 6. The van der Waals surface area contributed by atoms with Gasteiger partial charge in [0.15, 0.2) is 16.8 Å². The van der Waals surface area contributed by atoms with Crippen LogP contribution in [0.3, 0.4) is 0 Å². The summed E-state index contributed by atoms with van der Waals surface area (Å²) in [5.41, 5.74) is 2.81. The number of fused-ring (bicyclic) bond motifs is 3. The zero-order chi connectivity index (χ0) is 20.5. The summed E-state index contributed by atoms with van der Waals surface area (Å²) in [5, 5.41) is 20.1. The molecule has 30 heavy (non-hydrogen) atoms. The monoisotopic (exact) mass is 424 g/mol. The Morgan fingerprint density at radius 3 is 2.67 bits per heavy atom. The number of nitrogens with zero attached hydrogens (tertiary/aromatic N) is 4. The average Bonchev–Trinajstić information content (AvgIpc) is 3.37. The Morgan fingerprint density at radius 1 is 1.17 bits per heavy atom. The molecule has 0 unspecified atom stereocenters. The van der Waals surface area contributed by atoms with Gasteiger partial charge in [0.1, 0.15) is 5.52 Å². The van der Waals surface area contributed by atoms with E-state index in [4.69, 9.17) is 32.1 Å². The highest BCUT2D eigenvalue weighted by Crippen LogP contribution is 2.32. The van der Waals surface area contributed by atoms with Crippen LogP contribution in [-0.2, 0) is 4.74 Å². The first-order valence-electron chi connectivity index (χ1n) is 10.2. The summed E-state index contributed by atoms with van der Waals surface area (Å²) >= 11 is 5.21. The predicted molar refractivity (Wildman–Crippen MR) is 120 cm³/mol. The topological polar surface area (TPSA) is 87.0 Å². The molecule has 0 radical (unpaired) electrons. The second-order valence-corrected chi connectivity index (χ2v) is 8.05. The number of aliphatic hydroxyl groups excluding tert-OH is 1. The number of thiocarbonyl (C=S) groups is 1. The van der Waals surface area contributed by atoms with Gasteiger partial charge in [-0.25, -0.2) is 9.50 Å². The first kappa shape index (κ1) is 19.2. The second-order valence-electron chi connectivity index (χ2n) is 7.64. The van der Waals surface area contributed by atoms with Crippen molar-refractivity contribution in [2.45, 2.75) is 25.0 Å². The Labute approximate surface area is 179 Å². The lowest BCUT2D eigenvalue weighted by Gasteiger charge is -2.33. The third-order valence-corrected chi connectivity index (χ3v) is 5.76. The van der Waals surface area contributed by atoms with Crippen LogP contribution in [0, 0.1) is 0 Å². The molecule has 3 aromatic rings. The van der Waals surface area contributed by atoms with Gasteiger partial charge in [0.25, 0.3) is 0 Å². The van der Waals surface area contributed by atoms with Crippen molar-refractivity contribution in [2.75, 3.05) is 36.5 Å². The molecular formula is C21H24N6O2S. The average molecular weight is 425 g/mol. The van der Waals surface area contributed by atoms with Gasteiger partial charge in [-0.05, 0) is 61.5 Å².